The Bertz CT molecular complexity index is 1590. The fourth-order valence-electron chi connectivity index (χ4n) is 5.99. The lowest BCUT2D eigenvalue weighted by Crippen LogP contribution is -2.35. The van der Waals surface area contributed by atoms with E-state index in [1.807, 2.05) is 10.9 Å². The molecule has 4 aromatic rings. The number of carbonyl (C=O) groups is 1. The van der Waals surface area contributed by atoms with Crippen LogP contribution in [0.25, 0.3) is 22.2 Å². The van der Waals surface area contributed by atoms with Crippen LogP contribution in [0.1, 0.15) is 49.1 Å². The van der Waals surface area contributed by atoms with Gasteiger partial charge in [-0.1, -0.05) is 43.3 Å². The highest BCUT2D eigenvalue weighted by Gasteiger charge is 2.22. The summed E-state index contributed by atoms with van der Waals surface area (Å²) in [7, 11) is 6.37. The van der Waals surface area contributed by atoms with Gasteiger partial charge in [0, 0.05) is 69.8 Å². The molecule has 0 atom stereocenters. The van der Waals surface area contributed by atoms with Gasteiger partial charge >= 0.3 is 6.03 Å². The summed E-state index contributed by atoms with van der Waals surface area (Å²) >= 11 is 0. The summed E-state index contributed by atoms with van der Waals surface area (Å²) in [4.78, 5) is 22.6. The predicted molar refractivity (Wildman–Crippen MR) is 186 cm³/mol. The molecule has 1 saturated heterocycles. The monoisotopic (exact) mass is 626 g/mol. The van der Waals surface area contributed by atoms with Crippen molar-refractivity contribution in [2.24, 2.45) is 0 Å². The van der Waals surface area contributed by atoms with Gasteiger partial charge in [-0.15, -0.1) is 0 Å². The van der Waals surface area contributed by atoms with Crippen LogP contribution in [0, 0.1) is 0 Å². The summed E-state index contributed by atoms with van der Waals surface area (Å²) in [5.74, 6) is 0. The van der Waals surface area contributed by atoms with Gasteiger partial charge in [-0.3, -0.25) is 0 Å². The topological polar surface area (TPSA) is 99.6 Å². The first kappa shape index (κ1) is 33.4. The Morgan fingerprint density at radius 3 is 2.35 bits per heavy atom. The minimum absolute atomic E-state index is 0.211. The van der Waals surface area contributed by atoms with Crippen molar-refractivity contribution in [3.63, 3.8) is 0 Å². The summed E-state index contributed by atoms with van der Waals surface area (Å²) in [6.07, 6.45) is 4.53. The quantitative estimate of drug-likeness (QED) is 0.176. The summed E-state index contributed by atoms with van der Waals surface area (Å²) in [6, 6.07) is 17.2. The molecule has 246 valence electrons. The molecule has 2 aromatic carbocycles. The molecule has 1 fully saturated rings. The Morgan fingerprint density at radius 2 is 1.65 bits per heavy atom. The summed E-state index contributed by atoms with van der Waals surface area (Å²) in [6.45, 7) is 10.2. The first-order chi connectivity index (χ1) is 22.3. The number of hydrogen-bond acceptors (Lipinski definition) is 7. The third-order valence-corrected chi connectivity index (χ3v) is 8.62. The average Bonchev–Trinajstić information content (AvgIpc) is 3.49. The molecule has 3 N–H and O–H groups in total. The number of nitrogens with zero attached hydrogens (tertiary/aromatic N) is 5. The number of hydrogen-bond donors (Lipinski definition) is 3. The zero-order valence-electron chi connectivity index (χ0n) is 28.1. The highest BCUT2D eigenvalue weighted by molar-refractivity contribution is 5.92. The van der Waals surface area contributed by atoms with Crippen LogP contribution in [0.5, 0.6) is 0 Å². The number of urea groups is 1. The van der Waals surface area contributed by atoms with Gasteiger partial charge in [0.25, 0.3) is 0 Å². The molecule has 0 unspecified atom stereocenters. The largest absolute Gasteiger partial charge is 0.381 e. The summed E-state index contributed by atoms with van der Waals surface area (Å²) in [5.41, 5.74) is 8.53. The lowest BCUT2D eigenvalue weighted by molar-refractivity contribution is 0.0904. The maximum absolute atomic E-state index is 13.1. The van der Waals surface area contributed by atoms with Crippen molar-refractivity contribution in [2.45, 2.75) is 65.3 Å². The molecule has 2 amide bonds. The predicted octanol–water partition coefficient (Wildman–Crippen LogP) is 5.26. The molecule has 5 rings (SSSR count). The third-order valence-electron chi connectivity index (χ3n) is 8.62. The molecule has 0 radical (unpaired) electrons. The fourth-order valence-corrected chi connectivity index (χ4v) is 5.99. The smallest absolute Gasteiger partial charge is 0.315 e. The lowest BCUT2D eigenvalue weighted by atomic mass is 10.0. The molecule has 0 bridgehead atoms. The van der Waals surface area contributed by atoms with Crippen LogP contribution in [-0.2, 0) is 37.3 Å². The number of anilines is 1. The van der Waals surface area contributed by atoms with E-state index in [1.165, 1.54) is 11.1 Å². The van der Waals surface area contributed by atoms with E-state index < -0.39 is 0 Å². The van der Waals surface area contributed by atoms with Gasteiger partial charge in [-0.25, -0.2) is 14.5 Å². The first-order valence-corrected chi connectivity index (χ1v) is 16.6. The molecule has 10 heteroatoms. The Morgan fingerprint density at radius 1 is 0.957 bits per heavy atom. The number of nitrogens with one attached hydrogen (secondary N) is 3. The molecule has 46 heavy (non-hydrogen) atoms. The van der Waals surface area contributed by atoms with E-state index >= 15 is 0 Å². The van der Waals surface area contributed by atoms with Crippen molar-refractivity contribution in [3.8, 4) is 11.1 Å². The number of fused-ring (bicyclic) bond motifs is 1. The van der Waals surface area contributed by atoms with Crippen molar-refractivity contribution in [1.82, 2.24) is 35.2 Å². The lowest BCUT2D eigenvalue weighted by Gasteiger charge is -2.26. The second-order valence-corrected chi connectivity index (χ2v) is 12.5. The Hall–Kier alpha value is -3.99. The fraction of sp³-hybridized carbons (Fsp3) is 0.472. The van der Waals surface area contributed by atoms with Crippen molar-refractivity contribution < 1.29 is 9.53 Å². The van der Waals surface area contributed by atoms with Gasteiger partial charge in [0.1, 0.15) is 0 Å². The molecular formula is C36H50N8O2. The summed E-state index contributed by atoms with van der Waals surface area (Å²) < 4.78 is 7.53. The number of aryl methyl sites for hydroxylation is 2. The van der Waals surface area contributed by atoms with E-state index in [-0.39, 0.29) is 6.03 Å². The van der Waals surface area contributed by atoms with E-state index in [9.17, 15) is 4.79 Å². The second-order valence-electron chi connectivity index (χ2n) is 12.5. The van der Waals surface area contributed by atoms with Crippen molar-refractivity contribution >= 4 is 22.8 Å². The second kappa shape index (κ2) is 16.0. The molecular weight excluding hydrogens is 576 g/mol. The molecule has 1 aliphatic rings. The van der Waals surface area contributed by atoms with Gasteiger partial charge in [0.2, 0.25) is 0 Å². The van der Waals surface area contributed by atoms with Crippen LogP contribution in [0.4, 0.5) is 10.5 Å². The number of rotatable bonds is 14. The number of benzene rings is 2. The van der Waals surface area contributed by atoms with Crippen LogP contribution >= 0.6 is 0 Å². The van der Waals surface area contributed by atoms with Gasteiger partial charge in [-0.05, 0) is 81.7 Å². The number of carbonyl (C=O) groups excluding carboxylic acids is 1. The Balaban J connectivity index is 1.24. The standard InChI is InChI=1S/C36H50N8O2/c1-6-33-31(34(40-30-14-18-46-19-15-30)32-24-39-44(7-2)35(32)41-33)23-38-36(45)37-22-26-10-8-12-28(20-26)29-13-9-11-27(21-29)25-43(5)17-16-42(3)4/h8-13,20-21,24,30H,6-7,14-19,22-23,25H2,1-5H3,(H,40,41)(H2,37,38,45). The Kier molecular flexibility index (Phi) is 11.6. The highest BCUT2D eigenvalue weighted by Crippen LogP contribution is 2.31. The van der Waals surface area contributed by atoms with Crippen molar-refractivity contribution in [2.75, 3.05) is 52.8 Å². The van der Waals surface area contributed by atoms with Gasteiger partial charge in [0.05, 0.1) is 17.3 Å². The van der Waals surface area contributed by atoms with E-state index in [4.69, 9.17) is 9.72 Å². The molecule has 10 nitrogen and oxygen atoms in total. The van der Waals surface area contributed by atoms with Crippen LogP contribution in [0.15, 0.2) is 54.7 Å². The minimum Gasteiger partial charge on any atom is -0.381 e. The molecule has 0 spiro atoms. The van der Waals surface area contributed by atoms with Crippen LogP contribution in [0.3, 0.4) is 0 Å². The minimum atomic E-state index is -0.211. The van der Waals surface area contributed by atoms with Crippen molar-refractivity contribution in [1.29, 1.82) is 0 Å². The number of amides is 2. The molecule has 0 aliphatic carbocycles. The maximum Gasteiger partial charge on any atom is 0.315 e. The SMILES string of the molecule is CCc1nc2c(cnn2CC)c(NC2CCOCC2)c1CNC(=O)NCc1cccc(-c2cccc(CN(C)CCN(C)C)c2)c1. The average molecular weight is 627 g/mol. The van der Waals surface area contributed by atoms with Gasteiger partial charge < -0.3 is 30.5 Å². The van der Waals surface area contributed by atoms with E-state index in [1.54, 1.807) is 0 Å². The maximum atomic E-state index is 13.1. The number of likely N-dealkylation sites (N-methyl/N-ethyl adjacent to an activating group) is 2. The third kappa shape index (κ3) is 8.63. The van der Waals surface area contributed by atoms with E-state index in [2.05, 4.69) is 114 Å². The molecule has 3 heterocycles. The first-order valence-electron chi connectivity index (χ1n) is 16.6. The zero-order valence-corrected chi connectivity index (χ0v) is 28.1. The highest BCUT2D eigenvalue weighted by atomic mass is 16.5. The number of ether oxygens (including phenoxy) is 1. The molecule has 1 aliphatic heterocycles. The van der Waals surface area contributed by atoms with Crippen LogP contribution < -0.4 is 16.0 Å². The molecule has 2 aromatic heterocycles. The van der Waals surface area contributed by atoms with Gasteiger partial charge in [0.15, 0.2) is 5.65 Å². The van der Waals surface area contributed by atoms with Crippen molar-refractivity contribution in [3.05, 3.63) is 77.1 Å². The Labute approximate surface area is 273 Å². The van der Waals surface area contributed by atoms with E-state index in [0.29, 0.717) is 19.1 Å². The summed E-state index contributed by atoms with van der Waals surface area (Å²) in [5, 5.41) is 15.5. The van der Waals surface area contributed by atoms with Crippen LogP contribution in [-0.4, -0.2) is 84.1 Å². The van der Waals surface area contributed by atoms with Crippen LogP contribution in [0.2, 0.25) is 0 Å². The molecule has 0 saturated carbocycles. The number of aromatic nitrogens is 3. The zero-order chi connectivity index (χ0) is 32.5. The normalized spacial score (nSPS) is 13.9. The number of pyridine rings is 1. The van der Waals surface area contributed by atoms with Gasteiger partial charge in [-0.2, -0.15) is 5.10 Å². The van der Waals surface area contributed by atoms with E-state index in [0.717, 1.165) is 97.8 Å².